The molecule has 2 amide bonds. The molecule has 1 fully saturated rings. The summed E-state index contributed by atoms with van der Waals surface area (Å²) in [6, 6.07) is 1.22. The van der Waals surface area contributed by atoms with Crippen LogP contribution in [0.2, 0.25) is 10.0 Å². The Bertz CT molecular complexity index is 670. The van der Waals surface area contributed by atoms with Gasteiger partial charge in [0.2, 0.25) is 0 Å². The Kier molecular flexibility index (Phi) is 4.30. The van der Waals surface area contributed by atoms with E-state index in [4.69, 9.17) is 33.0 Å². The first-order valence-corrected chi connectivity index (χ1v) is 8.32. The van der Waals surface area contributed by atoms with E-state index >= 15 is 0 Å². The number of hydrogen-bond donors (Lipinski definition) is 1. The second-order valence-electron chi connectivity index (χ2n) is 5.06. The van der Waals surface area contributed by atoms with E-state index in [2.05, 4.69) is 0 Å². The summed E-state index contributed by atoms with van der Waals surface area (Å²) in [7, 11) is 0. The first kappa shape index (κ1) is 15.9. The molecule has 3 rings (SSSR count). The second kappa shape index (κ2) is 5.93. The molecule has 2 aliphatic heterocycles. The van der Waals surface area contributed by atoms with Crippen LogP contribution in [0.25, 0.3) is 0 Å². The van der Waals surface area contributed by atoms with E-state index in [1.165, 1.54) is 4.90 Å². The molecule has 0 radical (unpaired) electrons. The molecule has 1 atom stereocenters. The van der Waals surface area contributed by atoms with Gasteiger partial charge in [-0.1, -0.05) is 23.2 Å². The first-order valence-electron chi connectivity index (χ1n) is 6.49. The molecular formula is C13H11Cl2IN2O4. The third kappa shape index (κ3) is 2.59. The quantitative estimate of drug-likeness (QED) is 0.481. The van der Waals surface area contributed by atoms with Gasteiger partial charge in [0.15, 0.2) is 5.75 Å². The van der Waals surface area contributed by atoms with Crippen molar-refractivity contribution in [1.29, 1.82) is 0 Å². The summed E-state index contributed by atoms with van der Waals surface area (Å²) in [5.41, 5.74) is 0.321. The molecule has 118 valence electrons. The standard InChI is InChI=1S/C13H11Cl2IN2O4/c14-8-3-7-11(9(15)10(8)16)22-5-6-4-17(13(20)21)1-2-18(6)12(7)19/h3,6H,1-2,4-5H2,(H,20,21)/t6-/m0/s1. The molecule has 6 nitrogen and oxygen atoms in total. The predicted molar refractivity (Wildman–Crippen MR) is 89.1 cm³/mol. The van der Waals surface area contributed by atoms with Crippen molar-refractivity contribution in [2.24, 2.45) is 0 Å². The van der Waals surface area contributed by atoms with Gasteiger partial charge in [-0.25, -0.2) is 4.79 Å². The number of amides is 2. The zero-order chi connectivity index (χ0) is 16.0. The predicted octanol–water partition coefficient (Wildman–Crippen LogP) is 2.79. The minimum atomic E-state index is -0.996. The Morgan fingerprint density at radius 3 is 2.82 bits per heavy atom. The van der Waals surface area contributed by atoms with Gasteiger partial charge < -0.3 is 19.6 Å². The van der Waals surface area contributed by atoms with Crippen LogP contribution >= 0.6 is 45.8 Å². The fourth-order valence-corrected chi connectivity index (χ4v) is 3.56. The molecule has 0 aromatic heterocycles. The fraction of sp³-hybridized carbons (Fsp3) is 0.385. The number of halogens is 3. The summed E-state index contributed by atoms with van der Waals surface area (Å²) in [5, 5.41) is 9.80. The maximum absolute atomic E-state index is 12.7. The number of carboxylic acid groups (broad SMARTS) is 1. The topological polar surface area (TPSA) is 70.1 Å². The summed E-state index contributed by atoms with van der Waals surface area (Å²) in [5.74, 6) is 0.0829. The molecule has 1 aromatic rings. The van der Waals surface area contributed by atoms with E-state index < -0.39 is 6.09 Å². The Morgan fingerprint density at radius 1 is 1.41 bits per heavy atom. The summed E-state index contributed by atoms with van der Waals surface area (Å²) in [6.45, 7) is 1.01. The summed E-state index contributed by atoms with van der Waals surface area (Å²) in [4.78, 5) is 26.7. The Labute approximate surface area is 150 Å². The van der Waals surface area contributed by atoms with Crippen LogP contribution in [0.5, 0.6) is 5.75 Å². The van der Waals surface area contributed by atoms with E-state index in [1.807, 2.05) is 22.6 Å². The number of hydrogen-bond acceptors (Lipinski definition) is 3. The van der Waals surface area contributed by atoms with Gasteiger partial charge >= 0.3 is 6.09 Å². The number of carbonyl (C=O) groups is 2. The van der Waals surface area contributed by atoms with E-state index in [1.54, 1.807) is 11.0 Å². The summed E-state index contributed by atoms with van der Waals surface area (Å²) < 4.78 is 6.33. The molecule has 1 saturated heterocycles. The highest BCUT2D eigenvalue weighted by atomic mass is 127. The van der Waals surface area contributed by atoms with Gasteiger partial charge in [-0.2, -0.15) is 0 Å². The van der Waals surface area contributed by atoms with Crippen molar-refractivity contribution >= 4 is 57.8 Å². The van der Waals surface area contributed by atoms with Crippen molar-refractivity contribution < 1.29 is 19.4 Å². The Morgan fingerprint density at radius 2 is 2.14 bits per heavy atom. The average Bonchev–Trinajstić information content (AvgIpc) is 2.63. The van der Waals surface area contributed by atoms with Crippen molar-refractivity contribution in [3.05, 3.63) is 25.2 Å². The van der Waals surface area contributed by atoms with Crippen LogP contribution in [0.3, 0.4) is 0 Å². The Balaban J connectivity index is 1.98. The number of benzene rings is 1. The molecule has 2 aliphatic rings. The lowest BCUT2D eigenvalue weighted by molar-refractivity contribution is 0.0390. The van der Waals surface area contributed by atoms with Gasteiger partial charge in [0.1, 0.15) is 6.61 Å². The number of piperazine rings is 1. The number of carbonyl (C=O) groups excluding carboxylic acids is 1. The van der Waals surface area contributed by atoms with Gasteiger partial charge in [0.05, 0.1) is 25.2 Å². The smallest absolute Gasteiger partial charge is 0.407 e. The fourth-order valence-electron chi connectivity index (χ4n) is 2.65. The van der Waals surface area contributed by atoms with Crippen molar-refractivity contribution in [2.75, 3.05) is 26.2 Å². The number of fused-ring (bicyclic) bond motifs is 2. The SMILES string of the molecule is O=C(O)N1CCN2C(=O)c3cc(Cl)c(I)c(Cl)c3OC[C@@H]2C1. The van der Waals surface area contributed by atoms with E-state index in [9.17, 15) is 9.59 Å². The van der Waals surface area contributed by atoms with E-state index in [0.29, 0.717) is 31.5 Å². The summed E-state index contributed by atoms with van der Waals surface area (Å²) in [6.07, 6.45) is -0.996. The maximum atomic E-state index is 12.7. The molecule has 0 spiro atoms. The van der Waals surface area contributed by atoms with Crippen molar-refractivity contribution in [3.63, 3.8) is 0 Å². The van der Waals surface area contributed by atoms with Gasteiger partial charge in [-0.3, -0.25) is 4.79 Å². The zero-order valence-electron chi connectivity index (χ0n) is 11.2. The monoisotopic (exact) mass is 456 g/mol. The van der Waals surface area contributed by atoms with Crippen LogP contribution in [0.4, 0.5) is 4.79 Å². The molecule has 2 heterocycles. The minimum Gasteiger partial charge on any atom is -0.489 e. The molecule has 0 unspecified atom stereocenters. The molecule has 0 saturated carbocycles. The number of nitrogens with zero attached hydrogens (tertiary/aromatic N) is 2. The van der Waals surface area contributed by atoms with Crippen molar-refractivity contribution in [2.45, 2.75) is 6.04 Å². The van der Waals surface area contributed by atoms with Gasteiger partial charge in [-0.15, -0.1) is 0 Å². The lowest BCUT2D eigenvalue weighted by atomic mass is 10.1. The highest BCUT2D eigenvalue weighted by Gasteiger charge is 2.38. The highest BCUT2D eigenvalue weighted by molar-refractivity contribution is 14.1. The molecule has 1 aromatic carbocycles. The maximum Gasteiger partial charge on any atom is 0.407 e. The molecule has 1 N–H and O–H groups in total. The van der Waals surface area contributed by atoms with Crippen molar-refractivity contribution in [1.82, 2.24) is 9.80 Å². The van der Waals surface area contributed by atoms with Crippen LogP contribution in [0.1, 0.15) is 10.4 Å². The molecule has 0 aliphatic carbocycles. The Hall–Kier alpha value is -0.930. The van der Waals surface area contributed by atoms with E-state index in [0.717, 1.165) is 0 Å². The average molecular weight is 457 g/mol. The van der Waals surface area contributed by atoms with Gasteiger partial charge in [0, 0.05) is 19.6 Å². The number of rotatable bonds is 0. The van der Waals surface area contributed by atoms with Crippen LogP contribution in [0, 0.1) is 3.57 Å². The minimum absolute atomic E-state index is 0.194. The lowest BCUT2D eigenvalue weighted by Gasteiger charge is -2.38. The zero-order valence-corrected chi connectivity index (χ0v) is 14.9. The normalized spacial score (nSPS) is 20.9. The van der Waals surface area contributed by atoms with Gasteiger partial charge in [-0.05, 0) is 28.7 Å². The highest BCUT2D eigenvalue weighted by Crippen LogP contribution is 2.40. The summed E-state index contributed by atoms with van der Waals surface area (Å²) >= 11 is 14.3. The molecule has 9 heteroatoms. The number of ether oxygens (including phenoxy) is 1. The van der Waals surface area contributed by atoms with Crippen LogP contribution in [0.15, 0.2) is 6.07 Å². The first-order chi connectivity index (χ1) is 10.4. The second-order valence-corrected chi connectivity index (χ2v) is 6.92. The van der Waals surface area contributed by atoms with Crippen LogP contribution in [-0.4, -0.2) is 59.2 Å². The molecule has 22 heavy (non-hydrogen) atoms. The van der Waals surface area contributed by atoms with Gasteiger partial charge in [0.25, 0.3) is 5.91 Å². The molecule has 0 bridgehead atoms. The van der Waals surface area contributed by atoms with E-state index in [-0.39, 0.29) is 31.6 Å². The third-order valence-electron chi connectivity index (χ3n) is 3.78. The van der Waals surface area contributed by atoms with Crippen LogP contribution in [-0.2, 0) is 0 Å². The molecular weight excluding hydrogens is 446 g/mol. The van der Waals surface area contributed by atoms with Crippen molar-refractivity contribution in [3.8, 4) is 5.75 Å². The van der Waals surface area contributed by atoms with Crippen LogP contribution < -0.4 is 4.74 Å². The lowest BCUT2D eigenvalue weighted by Crippen LogP contribution is -2.57. The third-order valence-corrected chi connectivity index (χ3v) is 6.20. The largest absolute Gasteiger partial charge is 0.489 e.